The molecule has 0 bridgehead atoms. The molecule has 1 atom stereocenters. The summed E-state index contributed by atoms with van der Waals surface area (Å²) in [5.74, 6) is 1.18. The molecular weight excluding hydrogens is 318 g/mol. The SMILES string of the molecule is COCCOc1ccc(C(C)NC(=O)c2ccc(C)cc2)cc1OC. The van der Waals surface area contributed by atoms with Gasteiger partial charge < -0.3 is 19.5 Å². The minimum absolute atomic E-state index is 0.105. The van der Waals surface area contributed by atoms with Gasteiger partial charge in [0, 0.05) is 12.7 Å². The summed E-state index contributed by atoms with van der Waals surface area (Å²) in [6.07, 6.45) is 0. The highest BCUT2D eigenvalue weighted by Gasteiger charge is 2.14. The fraction of sp³-hybridized carbons (Fsp3) is 0.350. The molecule has 0 fully saturated rings. The Balaban J connectivity index is 2.06. The van der Waals surface area contributed by atoms with Crippen molar-refractivity contribution in [1.29, 1.82) is 0 Å². The molecule has 0 saturated carbocycles. The summed E-state index contributed by atoms with van der Waals surface area (Å²) in [4.78, 5) is 12.4. The first kappa shape index (κ1) is 18.8. The van der Waals surface area contributed by atoms with E-state index < -0.39 is 0 Å². The van der Waals surface area contributed by atoms with Gasteiger partial charge in [0.2, 0.25) is 0 Å². The highest BCUT2D eigenvalue weighted by molar-refractivity contribution is 5.94. The van der Waals surface area contributed by atoms with Crippen LogP contribution in [0.2, 0.25) is 0 Å². The van der Waals surface area contributed by atoms with Crippen LogP contribution in [-0.2, 0) is 4.74 Å². The first-order valence-corrected chi connectivity index (χ1v) is 8.22. The number of ether oxygens (including phenoxy) is 3. The molecule has 0 radical (unpaired) electrons. The van der Waals surface area contributed by atoms with E-state index in [1.807, 2.05) is 56.3 Å². The average Bonchev–Trinajstić information content (AvgIpc) is 2.62. The van der Waals surface area contributed by atoms with Crippen LogP contribution < -0.4 is 14.8 Å². The molecule has 0 heterocycles. The molecule has 1 N–H and O–H groups in total. The first-order chi connectivity index (χ1) is 12.0. The Labute approximate surface area is 148 Å². The van der Waals surface area contributed by atoms with Crippen LogP contribution in [0, 0.1) is 6.92 Å². The van der Waals surface area contributed by atoms with Crippen LogP contribution in [0.5, 0.6) is 11.5 Å². The zero-order chi connectivity index (χ0) is 18.2. The maximum absolute atomic E-state index is 12.4. The third-order valence-electron chi connectivity index (χ3n) is 3.89. The van der Waals surface area contributed by atoms with Crippen molar-refractivity contribution in [3.05, 3.63) is 59.2 Å². The zero-order valence-corrected chi connectivity index (χ0v) is 15.2. The van der Waals surface area contributed by atoms with E-state index in [-0.39, 0.29) is 11.9 Å². The highest BCUT2D eigenvalue weighted by atomic mass is 16.5. The Kier molecular flexibility index (Phi) is 6.83. The van der Waals surface area contributed by atoms with Crippen molar-refractivity contribution in [2.75, 3.05) is 27.4 Å². The predicted octanol–water partition coefficient (Wildman–Crippen LogP) is 3.52. The van der Waals surface area contributed by atoms with E-state index in [2.05, 4.69) is 5.32 Å². The maximum Gasteiger partial charge on any atom is 0.251 e. The minimum Gasteiger partial charge on any atom is -0.493 e. The van der Waals surface area contributed by atoms with Crippen LogP contribution in [0.1, 0.15) is 34.5 Å². The Morgan fingerprint density at radius 3 is 2.40 bits per heavy atom. The molecule has 1 unspecified atom stereocenters. The molecule has 0 aromatic heterocycles. The van der Waals surface area contributed by atoms with Crippen molar-refractivity contribution in [2.45, 2.75) is 19.9 Å². The fourth-order valence-electron chi connectivity index (χ4n) is 2.38. The number of carbonyl (C=O) groups excluding carboxylic acids is 1. The molecule has 0 spiro atoms. The van der Waals surface area contributed by atoms with Gasteiger partial charge in [0.1, 0.15) is 6.61 Å². The van der Waals surface area contributed by atoms with Crippen LogP contribution in [0.4, 0.5) is 0 Å². The highest BCUT2D eigenvalue weighted by Crippen LogP contribution is 2.30. The molecule has 2 aromatic rings. The summed E-state index contributed by atoms with van der Waals surface area (Å²) < 4.78 is 16.0. The second-order valence-electron chi connectivity index (χ2n) is 5.81. The number of benzene rings is 2. The standard InChI is InChI=1S/C20H25NO4/c1-14-5-7-16(8-6-14)20(22)21-15(2)17-9-10-18(19(13-17)24-4)25-12-11-23-3/h5-10,13,15H,11-12H2,1-4H3,(H,21,22). The molecule has 0 aliphatic heterocycles. The van der Waals surface area contributed by atoms with Gasteiger partial charge in [-0.25, -0.2) is 0 Å². The van der Waals surface area contributed by atoms with E-state index in [9.17, 15) is 4.79 Å². The van der Waals surface area contributed by atoms with E-state index in [0.29, 0.717) is 30.3 Å². The Morgan fingerprint density at radius 2 is 1.76 bits per heavy atom. The van der Waals surface area contributed by atoms with E-state index in [4.69, 9.17) is 14.2 Å². The number of aryl methyl sites for hydroxylation is 1. The summed E-state index contributed by atoms with van der Waals surface area (Å²) in [7, 11) is 3.22. The lowest BCUT2D eigenvalue weighted by Gasteiger charge is -2.17. The molecule has 1 amide bonds. The Bertz CT molecular complexity index is 697. The van der Waals surface area contributed by atoms with Crippen molar-refractivity contribution >= 4 is 5.91 Å². The van der Waals surface area contributed by atoms with Gasteiger partial charge in [0.25, 0.3) is 5.91 Å². The molecule has 5 heteroatoms. The second kappa shape index (κ2) is 9.08. The molecule has 0 aliphatic rings. The smallest absolute Gasteiger partial charge is 0.251 e. The summed E-state index contributed by atoms with van der Waals surface area (Å²) in [6, 6.07) is 13.0. The van der Waals surface area contributed by atoms with E-state index >= 15 is 0 Å². The number of amides is 1. The molecule has 0 aliphatic carbocycles. The number of hydrogen-bond donors (Lipinski definition) is 1. The van der Waals surface area contributed by atoms with Gasteiger partial charge in [-0.3, -0.25) is 4.79 Å². The lowest BCUT2D eigenvalue weighted by molar-refractivity contribution is 0.0940. The van der Waals surface area contributed by atoms with Gasteiger partial charge in [-0.15, -0.1) is 0 Å². The maximum atomic E-state index is 12.4. The van der Waals surface area contributed by atoms with E-state index in [1.54, 1.807) is 14.2 Å². The lowest BCUT2D eigenvalue weighted by Crippen LogP contribution is -2.26. The van der Waals surface area contributed by atoms with Gasteiger partial charge in [0.05, 0.1) is 19.8 Å². The van der Waals surface area contributed by atoms with Crippen LogP contribution in [0.15, 0.2) is 42.5 Å². The molecule has 134 valence electrons. The van der Waals surface area contributed by atoms with Gasteiger partial charge in [0.15, 0.2) is 11.5 Å². The molecule has 2 aromatic carbocycles. The summed E-state index contributed by atoms with van der Waals surface area (Å²) >= 11 is 0. The minimum atomic E-state index is -0.157. The molecule has 2 rings (SSSR count). The molecule has 5 nitrogen and oxygen atoms in total. The third kappa shape index (κ3) is 5.22. The lowest BCUT2D eigenvalue weighted by atomic mass is 10.1. The summed E-state index contributed by atoms with van der Waals surface area (Å²) in [5.41, 5.74) is 2.71. The first-order valence-electron chi connectivity index (χ1n) is 8.22. The van der Waals surface area contributed by atoms with Gasteiger partial charge in [-0.1, -0.05) is 23.8 Å². The fourth-order valence-corrected chi connectivity index (χ4v) is 2.38. The van der Waals surface area contributed by atoms with Gasteiger partial charge in [-0.05, 0) is 43.7 Å². The van der Waals surface area contributed by atoms with E-state index in [0.717, 1.165) is 11.1 Å². The quantitative estimate of drug-likeness (QED) is 0.745. The largest absolute Gasteiger partial charge is 0.493 e. The monoisotopic (exact) mass is 343 g/mol. The number of hydrogen-bond acceptors (Lipinski definition) is 4. The van der Waals surface area contributed by atoms with Crippen molar-refractivity contribution in [3.8, 4) is 11.5 Å². The van der Waals surface area contributed by atoms with Crippen molar-refractivity contribution < 1.29 is 19.0 Å². The van der Waals surface area contributed by atoms with Crippen LogP contribution >= 0.6 is 0 Å². The van der Waals surface area contributed by atoms with E-state index in [1.165, 1.54) is 0 Å². The summed E-state index contributed by atoms with van der Waals surface area (Å²) in [6.45, 7) is 4.89. The Hall–Kier alpha value is -2.53. The Morgan fingerprint density at radius 1 is 1.04 bits per heavy atom. The van der Waals surface area contributed by atoms with Crippen molar-refractivity contribution in [2.24, 2.45) is 0 Å². The van der Waals surface area contributed by atoms with Crippen molar-refractivity contribution in [1.82, 2.24) is 5.32 Å². The number of methoxy groups -OCH3 is 2. The molecule has 0 saturated heterocycles. The number of nitrogens with one attached hydrogen (secondary N) is 1. The van der Waals surface area contributed by atoms with Gasteiger partial charge in [-0.2, -0.15) is 0 Å². The topological polar surface area (TPSA) is 56.8 Å². The van der Waals surface area contributed by atoms with Gasteiger partial charge >= 0.3 is 0 Å². The normalized spacial score (nSPS) is 11.7. The number of rotatable bonds is 8. The molecule has 25 heavy (non-hydrogen) atoms. The summed E-state index contributed by atoms with van der Waals surface area (Å²) in [5, 5.41) is 3.00. The van der Waals surface area contributed by atoms with Crippen LogP contribution in [0.25, 0.3) is 0 Å². The third-order valence-corrected chi connectivity index (χ3v) is 3.89. The second-order valence-corrected chi connectivity index (χ2v) is 5.81. The number of carbonyl (C=O) groups is 1. The van der Waals surface area contributed by atoms with Crippen molar-refractivity contribution in [3.63, 3.8) is 0 Å². The zero-order valence-electron chi connectivity index (χ0n) is 15.2. The van der Waals surface area contributed by atoms with Crippen LogP contribution in [0.3, 0.4) is 0 Å². The molecular formula is C20H25NO4. The predicted molar refractivity (Wildman–Crippen MR) is 97.4 cm³/mol. The van der Waals surface area contributed by atoms with Crippen LogP contribution in [-0.4, -0.2) is 33.3 Å². The average molecular weight is 343 g/mol.